The molecule has 0 bridgehead atoms. The molecule has 3 aliphatic rings. The second-order valence-corrected chi connectivity index (χ2v) is 14.4. The van der Waals surface area contributed by atoms with E-state index in [2.05, 4.69) is 63.9 Å². The Morgan fingerprint density at radius 1 is 0.870 bits per heavy atom. The molecule has 4 amide bonds. The van der Waals surface area contributed by atoms with Crippen molar-refractivity contribution in [2.45, 2.75) is 76.7 Å². The van der Waals surface area contributed by atoms with Crippen molar-refractivity contribution in [1.29, 1.82) is 0 Å². The lowest BCUT2D eigenvalue weighted by atomic mass is 9.78. The van der Waals surface area contributed by atoms with Crippen molar-refractivity contribution >= 4 is 29.3 Å². The lowest BCUT2D eigenvalue weighted by molar-refractivity contribution is -0.136. The van der Waals surface area contributed by atoms with Gasteiger partial charge in [0.05, 0.1) is 16.8 Å². The molecule has 54 heavy (non-hydrogen) atoms. The van der Waals surface area contributed by atoms with Gasteiger partial charge < -0.3 is 19.3 Å². The number of benzene rings is 3. The normalized spacial score (nSPS) is 19.6. The quantitative estimate of drug-likeness (QED) is 0.159. The molecule has 0 radical (unpaired) electrons. The van der Waals surface area contributed by atoms with Gasteiger partial charge in [-0.3, -0.25) is 29.4 Å². The number of pyridine rings is 1. The lowest BCUT2D eigenvalue weighted by Gasteiger charge is -2.36. The molecule has 1 atom stereocenters. The van der Waals surface area contributed by atoms with E-state index in [1.54, 1.807) is 25.1 Å². The van der Waals surface area contributed by atoms with Gasteiger partial charge in [-0.05, 0) is 79.1 Å². The first-order valence-electron chi connectivity index (χ1n) is 17.9. The van der Waals surface area contributed by atoms with Crippen LogP contribution in [0.5, 0.6) is 11.5 Å². The van der Waals surface area contributed by atoms with Crippen LogP contribution in [-0.4, -0.2) is 61.8 Å². The minimum absolute atomic E-state index is 0.0373. The summed E-state index contributed by atoms with van der Waals surface area (Å²) in [4.78, 5) is 59.9. The highest BCUT2D eigenvalue weighted by atomic mass is 16.5. The van der Waals surface area contributed by atoms with Gasteiger partial charge in [-0.15, -0.1) is 0 Å². The molecule has 1 aliphatic carbocycles. The van der Waals surface area contributed by atoms with E-state index < -0.39 is 29.7 Å². The molecule has 3 aromatic carbocycles. The zero-order valence-corrected chi connectivity index (χ0v) is 30.0. The van der Waals surface area contributed by atoms with Crippen molar-refractivity contribution in [3.05, 3.63) is 119 Å². The van der Waals surface area contributed by atoms with Crippen LogP contribution in [0.15, 0.2) is 89.5 Å². The number of nitrogens with zero attached hydrogens (tertiary/aromatic N) is 4. The maximum atomic E-state index is 13.2. The molecule has 0 spiro atoms. The Morgan fingerprint density at radius 2 is 1.57 bits per heavy atom. The van der Waals surface area contributed by atoms with Crippen LogP contribution in [0.25, 0.3) is 11.6 Å². The number of hydrogen-bond donors (Lipinski definition) is 2. The Labute approximate surface area is 311 Å². The van der Waals surface area contributed by atoms with Crippen LogP contribution in [0.3, 0.4) is 0 Å². The molecule has 5 aromatic rings. The highest BCUT2D eigenvalue weighted by Gasteiger charge is 2.45. The predicted octanol–water partition coefficient (Wildman–Crippen LogP) is 5.77. The van der Waals surface area contributed by atoms with Gasteiger partial charge >= 0.3 is 0 Å². The van der Waals surface area contributed by atoms with Crippen molar-refractivity contribution < 1.29 is 33.2 Å². The minimum Gasteiger partial charge on any atom is -0.490 e. The molecule has 2 N–H and O–H groups in total. The zero-order chi connectivity index (χ0) is 37.6. The third-order valence-corrected chi connectivity index (χ3v) is 10.3. The maximum absolute atomic E-state index is 13.2. The van der Waals surface area contributed by atoms with Gasteiger partial charge in [0.15, 0.2) is 5.82 Å². The van der Waals surface area contributed by atoms with Gasteiger partial charge in [0.25, 0.3) is 17.7 Å². The molecule has 2 aliphatic heterocycles. The Hall–Kier alpha value is -6.37. The van der Waals surface area contributed by atoms with E-state index in [-0.39, 0.29) is 41.5 Å². The number of amides is 4. The average Bonchev–Trinajstić information content (AvgIpc) is 3.70. The van der Waals surface area contributed by atoms with Crippen LogP contribution in [0, 0.1) is 6.92 Å². The summed E-state index contributed by atoms with van der Waals surface area (Å²) < 4.78 is 17.5. The molecule has 8 rings (SSSR count). The van der Waals surface area contributed by atoms with Crippen molar-refractivity contribution in [2.24, 2.45) is 0 Å². The fraction of sp³-hybridized carbons (Fsp3) is 0.293. The van der Waals surface area contributed by atoms with E-state index in [1.807, 2.05) is 42.5 Å². The molecule has 1 unspecified atom stereocenters. The first-order valence-corrected chi connectivity index (χ1v) is 17.9. The predicted molar refractivity (Wildman–Crippen MR) is 196 cm³/mol. The third kappa shape index (κ3) is 6.80. The van der Waals surface area contributed by atoms with Crippen LogP contribution < -0.4 is 20.1 Å². The Morgan fingerprint density at radius 3 is 2.26 bits per heavy atom. The van der Waals surface area contributed by atoms with E-state index in [0.29, 0.717) is 29.7 Å². The van der Waals surface area contributed by atoms with Crippen molar-refractivity contribution in [3.63, 3.8) is 0 Å². The van der Waals surface area contributed by atoms with Crippen LogP contribution in [0.2, 0.25) is 0 Å². The summed E-state index contributed by atoms with van der Waals surface area (Å²) in [6, 6.07) is 26.1. The lowest BCUT2D eigenvalue weighted by Crippen LogP contribution is -2.54. The topological polar surface area (TPSA) is 166 Å². The summed E-state index contributed by atoms with van der Waals surface area (Å²) in [5.41, 5.74) is 4.61. The number of carbonyl (C=O) groups is 4. The van der Waals surface area contributed by atoms with Gasteiger partial charge in [-0.1, -0.05) is 49.3 Å². The molecule has 2 aromatic heterocycles. The second-order valence-electron chi connectivity index (χ2n) is 14.4. The minimum atomic E-state index is -0.989. The molecular weight excluding hydrogens is 688 g/mol. The first kappa shape index (κ1) is 34.7. The number of aromatic nitrogens is 3. The van der Waals surface area contributed by atoms with Crippen molar-refractivity contribution in [2.75, 3.05) is 5.32 Å². The van der Waals surface area contributed by atoms with Gasteiger partial charge in [0.1, 0.15) is 35.9 Å². The standard InChI is InChI=1S/C41H38N6O7/c1-23-42-38(54-46-23)34-6-4-5-27(44-34)22-52-29-12-7-24(8-13-29)41(2,3)25-9-14-30(15-10-25)53-31-19-28(20-31)43-26-11-16-32-33(21-26)40(51)47(39(32)50)35-17-18-36(48)45-37(35)49/h4-16,21,28,31,35,43H,17-20,22H2,1-3H3,(H,45,48,49)/t28-,31-,35?. The second kappa shape index (κ2) is 13.9. The molecule has 2 fully saturated rings. The molecular formula is C41H38N6O7. The summed E-state index contributed by atoms with van der Waals surface area (Å²) in [5, 5.41) is 9.49. The monoisotopic (exact) mass is 726 g/mol. The number of hydrogen-bond acceptors (Lipinski definition) is 11. The fourth-order valence-corrected chi connectivity index (χ4v) is 7.09. The Kier molecular flexibility index (Phi) is 8.92. The smallest absolute Gasteiger partial charge is 0.276 e. The highest BCUT2D eigenvalue weighted by molar-refractivity contribution is 6.23. The molecule has 274 valence electrons. The van der Waals surface area contributed by atoms with E-state index in [9.17, 15) is 19.2 Å². The summed E-state index contributed by atoms with van der Waals surface area (Å²) in [6.45, 7) is 6.43. The molecule has 1 saturated carbocycles. The van der Waals surface area contributed by atoms with Gasteiger partial charge in [-0.25, -0.2) is 4.98 Å². The SMILES string of the molecule is Cc1noc(-c2cccc(COc3ccc(C(C)(C)c4ccc(O[C@H]5C[C@H](Nc6ccc7c(c6)C(=O)N(C6CCC(=O)NC6=O)C7=O)C5)cc4)cc3)n2)n1. The zero-order valence-electron chi connectivity index (χ0n) is 30.0. The summed E-state index contributed by atoms with van der Waals surface area (Å²) in [6.07, 6.45) is 1.78. The summed E-state index contributed by atoms with van der Waals surface area (Å²) >= 11 is 0. The van der Waals surface area contributed by atoms with E-state index >= 15 is 0 Å². The van der Waals surface area contributed by atoms with Crippen molar-refractivity contribution in [3.8, 4) is 23.1 Å². The number of anilines is 1. The fourth-order valence-electron chi connectivity index (χ4n) is 7.09. The van der Waals surface area contributed by atoms with E-state index in [4.69, 9.17) is 14.0 Å². The molecule has 1 saturated heterocycles. The van der Waals surface area contributed by atoms with Gasteiger partial charge in [0, 0.05) is 36.4 Å². The van der Waals surface area contributed by atoms with Gasteiger partial charge in [-0.2, -0.15) is 4.98 Å². The van der Waals surface area contributed by atoms with Crippen LogP contribution in [-0.2, 0) is 21.6 Å². The molecule has 13 nitrogen and oxygen atoms in total. The first-order chi connectivity index (χ1) is 26.0. The number of imide groups is 2. The van der Waals surface area contributed by atoms with Crippen molar-refractivity contribution in [1.82, 2.24) is 25.3 Å². The van der Waals surface area contributed by atoms with Crippen LogP contribution in [0.1, 0.15) is 82.9 Å². The Balaban J connectivity index is 0.822. The molecule has 4 heterocycles. The van der Waals surface area contributed by atoms with E-state index in [0.717, 1.165) is 46.1 Å². The molecule has 13 heteroatoms. The number of rotatable bonds is 11. The average molecular weight is 727 g/mol. The van der Waals surface area contributed by atoms with Gasteiger partial charge in [0.2, 0.25) is 11.8 Å². The highest BCUT2D eigenvalue weighted by Crippen LogP contribution is 2.36. The Bertz CT molecular complexity index is 2260. The largest absolute Gasteiger partial charge is 0.490 e. The number of carbonyl (C=O) groups excluding carboxylic acids is 4. The number of nitrogens with one attached hydrogen (secondary N) is 2. The summed E-state index contributed by atoms with van der Waals surface area (Å²) in [7, 11) is 0. The number of aryl methyl sites for hydroxylation is 1. The maximum Gasteiger partial charge on any atom is 0.276 e. The number of fused-ring (bicyclic) bond motifs is 1. The van der Waals surface area contributed by atoms with Crippen LogP contribution in [0.4, 0.5) is 5.69 Å². The third-order valence-electron chi connectivity index (χ3n) is 10.3. The number of ether oxygens (including phenoxy) is 2. The van der Waals surface area contributed by atoms with Crippen LogP contribution >= 0.6 is 0 Å². The summed E-state index contributed by atoms with van der Waals surface area (Å²) in [5.74, 6) is 0.397. The number of piperidine rings is 1. The van der Waals surface area contributed by atoms with E-state index in [1.165, 1.54) is 0 Å².